The summed E-state index contributed by atoms with van der Waals surface area (Å²) in [5, 5.41) is 11.8. The number of oxime groups is 1. The lowest BCUT2D eigenvalue weighted by Gasteiger charge is -2.15. The lowest BCUT2D eigenvalue weighted by molar-refractivity contribution is 0.317. The van der Waals surface area contributed by atoms with Gasteiger partial charge in [-0.1, -0.05) is 28.5 Å². The van der Waals surface area contributed by atoms with Crippen LogP contribution in [0.2, 0.25) is 0 Å². The van der Waals surface area contributed by atoms with E-state index in [-0.39, 0.29) is 0 Å². The Morgan fingerprint density at radius 2 is 2.20 bits per heavy atom. The van der Waals surface area contributed by atoms with Crippen molar-refractivity contribution in [2.24, 2.45) is 11.1 Å². The average Bonchev–Trinajstić information content (AvgIpc) is 2.56. The van der Waals surface area contributed by atoms with Crippen molar-refractivity contribution in [3.8, 4) is 0 Å². The fourth-order valence-electron chi connectivity index (χ4n) is 2.29. The van der Waals surface area contributed by atoms with Gasteiger partial charge in [-0.2, -0.15) is 0 Å². The predicted octanol–water partition coefficient (Wildman–Crippen LogP) is 3.92. The van der Waals surface area contributed by atoms with Crippen LogP contribution in [0.15, 0.2) is 28.5 Å². The van der Waals surface area contributed by atoms with E-state index in [9.17, 15) is 0 Å². The van der Waals surface area contributed by atoms with Crippen molar-refractivity contribution in [1.29, 1.82) is 0 Å². The molecule has 0 saturated carbocycles. The molecular formula is C13H21NO. The van der Waals surface area contributed by atoms with Crippen LogP contribution in [-0.2, 0) is 0 Å². The Morgan fingerprint density at radius 3 is 2.73 bits per heavy atom. The van der Waals surface area contributed by atoms with Crippen molar-refractivity contribution in [2.45, 2.75) is 46.5 Å². The largest absolute Gasteiger partial charge is 0.411 e. The second-order valence-corrected chi connectivity index (χ2v) is 4.58. The summed E-state index contributed by atoms with van der Waals surface area (Å²) < 4.78 is 0. The number of hydrogen-bond acceptors (Lipinski definition) is 2. The molecule has 0 aliphatic heterocycles. The van der Waals surface area contributed by atoms with Gasteiger partial charge in [0.1, 0.15) is 0 Å². The van der Waals surface area contributed by atoms with Crippen LogP contribution in [0, 0.1) is 5.92 Å². The second-order valence-electron chi connectivity index (χ2n) is 4.58. The van der Waals surface area contributed by atoms with Crippen LogP contribution in [0.25, 0.3) is 0 Å². The van der Waals surface area contributed by atoms with Gasteiger partial charge in [-0.05, 0) is 46.5 Å². The molecule has 0 fully saturated rings. The molecule has 84 valence electrons. The third kappa shape index (κ3) is 2.95. The van der Waals surface area contributed by atoms with Gasteiger partial charge in [0, 0.05) is 5.92 Å². The number of nitrogens with zero attached hydrogens (tertiary/aromatic N) is 1. The maximum atomic E-state index is 8.60. The fraction of sp³-hybridized carbons (Fsp3) is 0.615. The summed E-state index contributed by atoms with van der Waals surface area (Å²) in [5.41, 5.74) is 5.10. The topological polar surface area (TPSA) is 32.6 Å². The van der Waals surface area contributed by atoms with E-state index < -0.39 is 0 Å². The smallest absolute Gasteiger partial charge is 0.0543 e. The minimum absolute atomic E-state index is 0.566. The van der Waals surface area contributed by atoms with Gasteiger partial charge in [-0.15, -0.1) is 0 Å². The predicted molar refractivity (Wildman–Crippen MR) is 64.4 cm³/mol. The van der Waals surface area contributed by atoms with Crippen LogP contribution in [0.3, 0.4) is 0 Å². The van der Waals surface area contributed by atoms with Gasteiger partial charge in [0.15, 0.2) is 0 Å². The van der Waals surface area contributed by atoms with E-state index in [2.05, 4.69) is 25.6 Å². The molecule has 0 spiro atoms. The van der Waals surface area contributed by atoms with Gasteiger partial charge in [0.25, 0.3) is 0 Å². The molecule has 1 atom stereocenters. The minimum Gasteiger partial charge on any atom is -0.411 e. The summed E-state index contributed by atoms with van der Waals surface area (Å²) in [6.45, 7) is 10.2. The first-order chi connectivity index (χ1) is 7.06. The summed E-state index contributed by atoms with van der Waals surface area (Å²) in [7, 11) is 0. The molecule has 1 aliphatic carbocycles. The van der Waals surface area contributed by atoms with Crippen LogP contribution in [0.1, 0.15) is 46.5 Å². The number of allylic oxidation sites excluding steroid dienone is 3. The molecule has 0 radical (unpaired) electrons. The van der Waals surface area contributed by atoms with E-state index in [0.29, 0.717) is 5.92 Å². The zero-order valence-corrected chi connectivity index (χ0v) is 10.0. The van der Waals surface area contributed by atoms with Crippen molar-refractivity contribution in [2.75, 3.05) is 0 Å². The van der Waals surface area contributed by atoms with Crippen LogP contribution < -0.4 is 0 Å². The van der Waals surface area contributed by atoms with Gasteiger partial charge < -0.3 is 5.21 Å². The van der Waals surface area contributed by atoms with Crippen molar-refractivity contribution < 1.29 is 5.21 Å². The van der Waals surface area contributed by atoms with Gasteiger partial charge in [-0.25, -0.2) is 0 Å². The highest BCUT2D eigenvalue weighted by molar-refractivity contribution is 5.81. The minimum atomic E-state index is 0.566. The summed E-state index contributed by atoms with van der Waals surface area (Å²) in [5.74, 6) is 0.566. The third-order valence-corrected chi connectivity index (χ3v) is 3.30. The number of hydrogen-bond donors (Lipinski definition) is 1. The van der Waals surface area contributed by atoms with Crippen LogP contribution >= 0.6 is 0 Å². The quantitative estimate of drug-likeness (QED) is 0.322. The summed E-state index contributed by atoms with van der Waals surface area (Å²) in [4.78, 5) is 0. The molecule has 0 aromatic heterocycles. The molecule has 0 amide bonds. The molecule has 0 aromatic rings. The zero-order valence-electron chi connectivity index (χ0n) is 10.0. The van der Waals surface area contributed by atoms with E-state index in [0.717, 1.165) is 18.6 Å². The molecular weight excluding hydrogens is 186 g/mol. The third-order valence-electron chi connectivity index (χ3n) is 3.30. The molecule has 15 heavy (non-hydrogen) atoms. The summed E-state index contributed by atoms with van der Waals surface area (Å²) in [6, 6.07) is 0. The summed E-state index contributed by atoms with van der Waals surface area (Å²) in [6.07, 6.45) is 4.28. The molecule has 2 heteroatoms. The van der Waals surface area contributed by atoms with Crippen molar-refractivity contribution >= 4 is 5.71 Å². The second kappa shape index (κ2) is 5.15. The first kappa shape index (κ1) is 12.0. The van der Waals surface area contributed by atoms with Crippen LogP contribution in [-0.4, -0.2) is 10.9 Å². The van der Waals surface area contributed by atoms with E-state index in [1.54, 1.807) is 0 Å². The normalized spacial score (nSPS) is 22.3. The van der Waals surface area contributed by atoms with E-state index in [1.807, 2.05) is 6.92 Å². The zero-order chi connectivity index (χ0) is 11.4. The fourth-order valence-corrected chi connectivity index (χ4v) is 2.29. The lowest BCUT2D eigenvalue weighted by atomic mass is 9.90. The molecule has 0 unspecified atom stereocenters. The highest BCUT2D eigenvalue weighted by Crippen LogP contribution is 2.38. The maximum Gasteiger partial charge on any atom is 0.0543 e. The Morgan fingerprint density at radius 1 is 1.53 bits per heavy atom. The monoisotopic (exact) mass is 207 g/mol. The highest BCUT2D eigenvalue weighted by atomic mass is 16.4. The lowest BCUT2D eigenvalue weighted by Crippen LogP contribution is -2.03. The Labute approximate surface area is 92.4 Å². The van der Waals surface area contributed by atoms with Gasteiger partial charge >= 0.3 is 0 Å². The maximum absolute atomic E-state index is 8.60. The first-order valence-electron chi connectivity index (χ1n) is 5.57. The molecule has 2 nitrogen and oxygen atoms in total. The number of rotatable bonds is 4. The van der Waals surface area contributed by atoms with E-state index in [4.69, 9.17) is 5.21 Å². The Balaban J connectivity index is 2.65. The van der Waals surface area contributed by atoms with E-state index in [1.165, 1.54) is 29.6 Å². The summed E-state index contributed by atoms with van der Waals surface area (Å²) >= 11 is 0. The molecule has 0 saturated heterocycles. The van der Waals surface area contributed by atoms with E-state index >= 15 is 0 Å². The SMILES string of the molecule is C=C(C)[C@@H]1CCC(C)=C1CC/C(C)=N\O. The van der Waals surface area contributed by atoms with Gasteiger partial charge in [-0.3, -0.25) is 0 Å². The highest BCUT2D eigenvalue weighted by Gasteiger charge is 2.23. The molecule has 1 rings (SSSR count). The van der Waals surface area contributed by atoms with Gasteiger partial charge in [0.2, 0.25) is 0 Å². The average molecular weight is 207 g/mol. The molecule has 0 bridgehead atoms. The first-order valence-corrected chi connectivity index (χ1v) is 5.57. The standard InChI is InChI=1S/C13H21NO/c1-9(2)12-7-5-10(3)13(12)8-6-11(4)14-15/h12,15H,1,5-8H2,2-4H3/b14-11-/t12-/m0/s1. The Kier molecular flexibility index (Phi) is 4.13. The van der Waals surface area contributed by atoms with Crippen molar-refractivity contribution in [3.05, 3.63) is 23.3 Å². The Bertz CT molecular complexity index is 312. The molecule has 0 aromatic carbocycles. The van der Waals surface area contributed by atoms with Crippen molar-refractivity contribution in [1.82, 2.24) is 0 Å². The van der Waals surface area contributed by atoms with Crippen LogP contribution in [0.4, 0.5) is 0 Å². The molecule has 1 aliphatic rings. The Hall–Kier alpha value is -1.05. The molecule has 1 N–H and O–H groups in total. The van der Waals surface area contributed by atoms with Crippen LogP contribution in [0.5, 0.6) is 0 Å². The molecule has 0 heterocycles. The van der Waals surface area contributed by atoms with Crippen molar-refractivity contribution in [3.63, 3.8) is 0 Å². The van der Waals surface area contributed by atoms with Gasteiger partial charge in [0.05, 0.1) is 5.71 Å².